The van der Waals surface area contributed by atoms with Crippen LogP contribution in [0.25, 0.3) is 0 Å². The quantitative estimate of drug-likeness (QED) is 0.703. The van der Waals surface area contributed by atoms with E-state index in [2.05, 4.69) is 20.2 Å². The van der Waals surface area contributed by atoms with E-state index in [0.717, 1.165) is 24.1 Å². The molecule has 1 aliphatic carbocycles. The second-order valence-corrected chi connectivity index (χ2v) is 8.96. The molecule has 1 N–H and O–H groups in total. The second kappa shape index (κ2) is 9.26. The highest BCUT2D eigenvalue weighted by atomic mass is 16.5. The topological polar surface area (TPSA) is 73.8 Å². The van der Waals surface area contributed by atoms with Crippen molar-refractivity contribution in [1.29, 1.82) is 0 Å². The van der Waals surface area contributed by atoms with Crippen LogP contribution in [0.3, 0.4) is 0 Å². The Labute approximate surface area is 173 Å². The molecule has 4 rings (SSSR count). The van der Waals surface area contributed by atoms with Crippen molar-refractivity contribution in [3.8, 4) is 0 Å². The van der Waals surface area contributed by atoms with E-state index in [4.69, 9.17) is 4.74 Å². The highest BCUT2D eigenvalue weighted by Gasteiger charge is 2.31. The molecule has 0 bridgehead atoms. The fourth-order valence-corrected chi connectivity index (χ4v) is 4.22. The lowest BCUT2D eigenvalue weighted by molar-refractivity contribution is -0.149. The fourth-order valence-electron chi connectivity index (χ4n) is 4.22. The maximum Gasteiger partial charge on any atom is 0.248 e. The molecule has 1 aromatic heterocycles. The van der Waals surface area contributed by atoms with Gasteiger partial charge in [0.15, 0.2) is 0 Å². The third-order valence-corrected chi connectivity index (χ3v) is 6.24. The van der Waals surface area contributed by atoms with Crippen molar-refractivity contribution in [3.63, 3.8) is 0 Å². The standard InChI is InChI=1S/C21H34N6O2/c1-25(2)20-9-19(23-15-24-20)22-10-18-13-27(21(28)14-29-18)12-17-5-7-26(8-6-17)11-16-3-4-16/h9,15-18H,3-8,10-14H2,1-2H3,(H,22,23,24). The minimum atomic E-state index is -0.0135. The summed E-state index contributed by atoms with van der Waals surface area (Å²) in [6, 6.07) is 1.92. The van der Waals surface area contributed by atoms with Crippen LogP contribution in [0, 0.1) is 11.8 Å². The minimum absolute atomic E-state index is 0.0135. The first kappa shape index (κ1) is 20.3. The van der Waals surface area contributed by atoms with Crippen LogP contribution in [0.2, 0.25) is 0 Å². The van der Waals surface area contributed by atoms with E-state index in [9.17, 15) is 4.79 Å². The number of nitrogens with zero attached hydrogens (tertiary/aromatic N) is 5. The van der Waals surface area contributed by atoms with E-state index in [1.165, 1.54) is 45.3 Å². The molecule has 1 amide bonds. The summed E-state index contributed by atoms with van der Waals surface area (Å²) in [6.45, 7) is 6.00. The van der Waals surface area contributed by atoms with Crippen molar-refractivity contribution >= 4 is 17.5 Å². The summed E-state index contributed by atoms with van der Waals surface area (Å²) >= 11 is 0. The highest BCUT2D eigenvalue weighted by molar-refractivity contribution is 5.78. The van der Waals surface area contributed by atoms with Gasteiger partial charge in [0.25, 0.3) is 0 Å². The van der Waals surface area contributed by atoms with Gasteiger partial charge in [-0.3, -0.25) is 4.79 Å². The van der Waals surface area contributed by atoms with Crippen molar-refractivity contribution in [2.45, 2.75) is 31.8 Å². The Morgan fingerprint density at radius 3 is 2.62 bits per heavy atom. The number of morpholine rings is 1. The van der Waals surface area contributed by atoms with Crippen LogP contribution >= 0.6 is 0 Å². The monoisotopic (exact) mass is 402 g/mol. The summed E-state index contributed by atoms with van der Waals surface area (Å²) in [7, 11) is 3.91. The molecule has 1 aromatic rings. The third kappa shape index (κ3) is 5.79. The van der Waals surface area contributed by atoms with Crippen LogP contribution in [0.4, 0.5) is 11.6 Å². The number of hydrogen-bond acceptors (Lipinski definition) is 7. The van der Waals surface area contributed by atoms with Gasteiger partial charge in [-0.1, -0.05) is 0 Å². The maximum atomic E-state index is 12.4. The molecule has 2 aliphatic heterocycles. The van der Waals surface area contributed by atoms with E-state index >= 15 is 0 Å². The first-order valence-corrected chi connectivity index (χ1v) is 10.9. The Kier molecular flexibility index (Phi) is 6.50. The molecule has 3 heterocycles. The number of carbonyl (C=O) groups excluding carboxylic acids is 1. The SMILES string of the molecule is CN(C)c1cc(NCC2CN(CC3CCN(CC4CC4)CC3)C(=O)CO2)ncn1. The number of carbonyl (C=O) groups is 1. The van der Waals surface area contributed by atoms with Crippen molar-refractivity contribution in [1.82, 2.24) is 19.8 Å². The summed E-state index contributed by atoms with van der Waals surface area (Å²) in [6.07, 6.45) is 6.79. The van der Waals surface area contributed by atoms with Crippen molar-refractivity contribution in [3.05, 3.63) is 12.4 Å². The number of aromatic nitrogens is 2. The Morgan fingerprint density at radius 2 is 1.90 bits per heavy atom. The number of nitrogens with one attached hydrogen (secondary N) is 1. The van der Waals surface area contributed by atoms with E-state index in [-0.39, 0.29) is 18.6 Å². The molecule has 160 valence electrons. The molecule has 3 fully saturated rings. The van der Waals surface area contributed by atoms with Gasteiger partial charge in [0.05, 0.1) is 6.10 Å². The predicted molar refractivity (Wildman–Crippen MR) is 113 cm³/mol. The molecular formula is C21H34N6O2. The van der Waals surface area contributed by atoms with E-state index in [0.29, 0.717) is 19.0 Å². The molecular weight excluding hydrogens is 368 g/mol. The smallest absolute Gasteiger partial charge is 0.248 e. The van der Waals surface area contributed by atoms with Gasteiger partial charge in [0, 0.05) is 46.3 Å². The normalized spacial score (nSPS) is 24.0. The van der Waals surface area contributed by atoms with E-state index in [1.807, 2.05) is 30.0 Å². The minimum Gasteiger partial charge on any atom is -0.367 e. The zero-order valence-corrected chi connectivity index (χ0v) is 17.7. The number of hydrogen-bond donors (Lipinski definition) is 1. The second-order valence-electron chi connectivity index (χ2n) is 8.96. The van der Waals surface area contributed by atoms with Crippen LogP contribution in [-0.4, -0.2) is 91.7 Å². The first-order chi connectivity index (χ1) is 14.1. The zero-order chi connectivity index (χ0) is 20.2. The molecule has 8 nitrogen and oxygen atoms in total. The van der Waals surface area contributed by atoms with Gasteiger partial charge < -0.3 is 24.8 Å². The van der Waals surface area contributed by atoms with Crippen LogP contribution in [0.15, 0.2) is 12.4 Å². The van der Waals surface area contributed by atoms with Crippen LogP contribution in [-0.2, 0) is 9.53 Å². The third-order valence-electron chi connectivity index (χ3n) is 6.24. The van der Waals surface area contributed by atoms with Gasteiger partial charge in [-0.15, -0.1) is 0 Å². The summed E-state index contributed by atoms with van der Waals surface area (Å²) in [5, 5.41) is 3.33. The highest BCUT2D eigenvalue weighted by Crippen LogP contribution is 2.31. The molecule has 29 heavy (non-hydrogen) atoms. The van der Waals surface area contributed by atoms with Crippen LogP contribution in [0.1, 0.15) is 25.7 Å². The first-order valence-electron chi connectivity index (χ1n) is 10.9. The fraction of sp³-hybridized carbons (Fsp3) is 0.762. The Hall–Kier alpha value is -1.93. The zero-order valence-electron chi connectivity index (χ0n) is 17.7. The van der Waals surface area contributed by atoms with Gasteiger partial charge in [0.2, 0.25) is 5.91 Å². The van der Waals surface area contributed by atoms with Crippen molar-refractivity contribution in [2.75, 3.05) is 70.2 Å². The molecule has 1 unspecified atom stereocenters. The molecule has 8 heteroatoms. The molecule has 2 saturated heterocycles. The number of amides is 1. The molecule has 1 atom stereocenters. The number of rotatable bonds is 8. The van der Waals surface area contributed by atoms with Crippen LogP contribution < -0.4 is 10.2 Å². The van der Waals surface area contributed by atoms with Gasteiger partial charge in [-0.25, -0.2) is 9.97 Å². The number of ether oxygens (including phenoxy) is 1. The summed E-state index contributed by atoms with van der Waals surface area (Å²) < 4.78 is 5.76. The predicted octanol–water partition coefficient (Wildman–Crippen LogP) is 1.30. The molecule has 3 aliphatic rings. The number of anilines is 2. The molecule has 0 aromatic carbocycles. The summed E-state index contributed by atoms with van der Waals surface area (Å²) in [5.74, 6) is 3.34. The lowest BCUT2D eigenvalue weighted by Gasteiger charge is -2.38. The average Bonchev–Trinajstić information content (AvgIpc) is 3.54. The van der Waals surface area contributed by atoms with Crippen molar-refractivity contribution < 1.29 is 9.53 Å². The Balaban J connectivity index is 1.23. The number of piperidine rings is 1. The average molecular weight is 403 g/mol. The lowest BCUT2D eigenvalue weighted by Crippen LogP contribution is -2.51. The Morgan fingerprint density at radius 1 is 1.14 bits per heavy atom. The molecule has 0 spiro atoms. The molecule has 1 saturated carbocycles. The summed E-state index contributed by atoms with van der Waals surface area (Å²) in [4.78, 5) is 27.5. The lowest BCUT2D eigenvalue weighted by atomic mass is 9.95. The maximum absolute atomic E-state index is 12.4. The van der Waals surface area contributed by atoms with Gasteiger partial charge in [0.1, 0.15) is 24.6 Å². The van der Waals surface area contributed by atoms with Crippen molar-refractivity contribution in [2.24, 2.45) is 11.8 Å². The van der Waals surface area contributed by atoms with Gasteiger partial charge >= 0.3 is 0 Å². The largest absolute Gasteiger partial charge is 0.367 e. The summed E-state index contributed by atoms with van der Waals surface area (Å²) in [5.41, 5.74) is 0. The van der Waals surface area contributed by atoms with Gasteiger partial charge in [-0.2, -0.15) is 0 Å². The molecule has 0 radical (unpaired) electrons. The van der Waals surface area contributed by atoms with E-state index < -0.39 is 0 Å². The van der Waals surface area contributed by atoms with Gasteiger partial charge in [-0.05, 0) is 50.6 Å². The van der Waals surface area contributed by atoms with Crippen LogP contribution in [0.5, 0.6) is 0 Å². The van der Waals surface area contributed by atoms with E-state index in [1.54, 1.807) is 6.33 Å². The Bertz CT molecular complexity index is 688. The number of likely N-dealkylation sites (tertiary alicyclic amines) is 1.